The second-order valence-electron chi connectivity index (χ2n) is 11.3. The average molecular weight is 573 g/mol. The summed E-state index contributed by atoms with van der Waals surface area (Å²) in [5.41, 5.74) is 2.87. The van der Waals surface area contributed by atoms with E-state index in [-0.39, 0.29) is 23.6 Å². The SMILES string of the molecule is CC1CC2CC1CC2COC(=O)c1cccc(C(=O)/C=C/c2ccc(C#N)cc2)c1.O=C1C=CC(=O)N1c1ccccc1. The van der Waals surface area contributed by atoms with Crippen LogP contribution < -0.4 is 4.90 Å². The Hall–Kier alpha value is -5.09. The third-order valence-corrected chi connectivity index (χ3v) is 8.46. The van der Waals surface area contributed by atoms with E-state index >= 15 is 0 Å². The minimum Gasteiger partial charge on any atom is -0.462 e. The standard InChI is InChI=1S/C26H25NO3.C10H7NO2/c1-17-11-23-13-22(17)14-24(23)16-30-26(29)21-4-2-3-20(12-21)25(28)10-9-18-5-7-19(15-27)8-6-18;12-9-6-7-10(13)11(9)8-4-2-1-3-5-8/h2-10,12,17,22-24H,11,13-14,16H2,1H3;1-7H/b10-9+;. The maximum atomic E-state index is 12.5. The summed E-state index contributed by atoms with van der Waals surface area (Å²) in [6, 6.07) is 24.6. The predicted molar refractivity (Wildman–Crippen MR) is 163 cm³/mol. The summed E-state index contributed by atoms with van der Waals surface area (Å²) in [4.78, 5) is 48.6. The van der Waals surface area contributed by atoms with E-state index in [2.05, 4.69) is 13.0 Å². The van der Waals surface area contributed by atoms with Crippen molar-refractivity contribution in [2.45, 2.75) is 26.2 Å². The van der Waals surface area contributed by atoms with E-state index in [9.17, 15) is 19.2 Å². The van der Waals surface area contributed by atoms with E-state index in [1.807, 2.05) is 6.07 Å². The Morgan fingerprint density at radius 3 is 2.21 bits per heavy atom. The van der Waals surface area contributed by atoms with Gasteiger partial charge in [-0.05, 0) is 91.0 Å². The Morgan fingerprint density at radius 1 is 0.884 bits per heavy atom. The summed E-state index contributed by atoms with van der Waals surface area (Å²) < 4.78 is 5.59. The van der Waals surface area contributed by atoms with Crippen LogP contribution in [0.3, 0.4) is 0 Å². The number of anilines is 1. The van der Waals surface area contributed by atoms with Crippen LogP contribution in [-0.4, -0.2) is 30.2 Å². The lowest BCUT2D eigenvalue weighted by molar-refractivity contribution is -0.120. The van der Waals surface area contributed by atoms with Gasteiger partial charge in [-0.1, -0.05) is 55.5 Å². The van der Waals surface area contributed by atoms with Gasteiger partial charge in [0.05, 0.1) is 29.5 Å². The lowest BCUT2D eigenvalue weighted by Gasteiger charge is -2.25. The van der Waals surface area contributed by atoms with Crippen molar-refractivity contribution >= 4 is 35.3 Å². The van der Waals surface area contributed by atoms with Gasteiger partial charge in [-0.3, -0.25) is 14.4 Å². The Morgan fingerprint density at radius 2 is 1.58 bits per heavy atom. The summed E-state index contributed by atoms with van der Waals surface area (Å²) in [5.74, 6) is 1.66. The van der Waals surface area contributed by atoms with Crippen molar-refractivity contribution in [2.24, 2.45) is 23.7 Å². The molecule has 3 aromatic carbocycles. The second kappa shape index (κ2) is 13.3. The largest absolute Gasteiger partial charge is 0.462 e. The van der Waals surface area contributed by atoms with Gasteiger partial charge in [-0.2, -0.15) is 5.26 Å². The molecule has 4 unspecified atom stereocenters. The molecule has 3 aliphatic rings. The number of carbonyl (C=O) groups is 4. The first-order valence-electron chi connectivity index (χ1n) is 14.4. The highest BCUT2D eigenvalue weighted by Crippen LogP contribution is 2.51. The maximum Gasteiger partial charge on any atom is 0.338 e. The van der Waals surface area contributed by atoms with Crippen LogP contribution in [0.15, 0.2) is 97.1 Å². The van der Waals surface area contributed by atoms with E-state index in [1.54, 1.807) is 78.9 Å². The van der Waals surface area contributed by atoms with Crippen LogP contribution in [-0.2, 0) is 14.3 Å². The van der Waals surface area contributed by atoms with Crippen LogP contribution in [0.4, 0.5) is 5.69 Å². The number of para-hydroxylation sites is 1. The maximum absolute atomic E-state index is 12.5. The quantitative estimate of drug-likeness (QED) is 0.140. The number of esters is 1. The fourth-order valence-corrected chi connectivity index (χ4v) is 6.12. The number of hydrogen-bond donors (Lipinski definition) is 0. The van der Waals surface area contributed by atoms with E-state index < -0.39 is 0 Å². The Labute approximate surface area is 251 Å². The highest BCUT2D eigenvalue weighted by molar-refractivity contribution is 6.28. The van der Waals surface area contributed by atoms with Gasteiger partial charge < -0.3 is 4.74 Å². The van der Waals surface area contributed by atoms with Crippen LogP contribution in [0.2, 0.25) is 0 Å². The number of ether oxygens (including phenoxy) is 1. The zero-order valence-corrected chi connectivity index (χ0v) is 23.9. The van der Waals surface area contributed by atoms with Crippen LogP contribution in [0, 0.1) is 35.0 Å². The van der Waals surface area contributed by atoms with Crippen molar-refractivity contribution in [3.05, 3.63) is 119 Å². The normalized spacial score (nSPS) is 21.9. The predicted octanol–water partition coefficient (Wildman–Crippen LogP) is 6.41. The Bertz CT molecular complexity index is 1600. The molecule has 2 fully saturated rings. The van der Waals surface area contributed by atoms with Gasteiger partial charge in [0, 0.05) is 17.7 Å². The van der Waals surface area contributed by atoms with Crippen LogP contribution in [0.5, 0.6) is 0 Å². The number of ketones is 1. The van der Waals surface area contributed by atoms with Crippen molar-refractivity contribution in [3.8, 4) is 6.07 Å². The first-order chi connectivity index (χ1) is 20.8. The molecule has 2 aliphatic carbocycles. The molecule has 0 spiro atoms. The molecule has 2 saturated carbocycles. The van der Waals surface area contributed by atoms with Crippen LogP contribution in [0.25, 0.3) is 6.08 Å². The van der Waals surface area contributed by atoms with Crippen LogP contribution in [0.1, 0.15) is 58.0 Å². The zero-order chi connectivity index (χ0) is 30.3. The summed E-state index contributed by atoms with van der Waals surface area (Å²) >= 11 is 0. The van der Waals surface area contributed by atoms with E-state index in [0.717, 1.165) is 28.7 Å². The number of rotatable bonds is 7. The number of imide groups is 1. The minimum atomic E-state index is -0.364. The number of benzene rings is 3. The topological polar surface area (TPSA) is 105 Å². The highest BCUT2D eigenvalue weighted by Gasteiger charge is 2.44. The molecule has 7 nitrogen and oxygen atoms in total. The summed E-state index contributed by atoms with van der Waals surface area (Å²) in [6.45, 7) is 2.80. The number of allylic oxidation sites excluding steroid dienone is 1. The van der Waals surface area contributed by atoms with Gasteiger partial charge in [0.1, 0.15) is 0 Å². The van der Waals surface area contributed by atoms with Crippen LogP contribution >= 0.6 is 0 Å². The van der Waals surface area contributed by atoms with Crippen molar-refractivity contribution in [1.82, 2.24) is 0 Å². The van der Waals surface area contributed by atoms with Crippen molar-refractivity contribution in [3.63, 3.8) is 0 Å². The number of nitrogens with zero attached hydrogens (tertiary/aromatic N) is 2. The van der Waals surface area contributed by atoms with E-state index in [0.29, 0.717) is 40.8 Å². The Kier molecular flexibility index (Phi) is 9.07. The molecular weight excluding hydrogens is 540 g/mol. The zero-order valence-electron chi connectivity index (χ0n) is 23.9. The molecule has 0 saturated heterocycles. The first kappa shape index (κ1) is 29.4. The monoisotopic (exact) mass is 572 g/mol. The summed E-state index contributed by atoms with van der Waals surface area (Å²) in [6.07, 6.45) is 9.41. The third-order valence-electron chi connectivity index (χ3n) is 8.46. The second-order valence-corrected chi connectivity index (χ2v) is 11.3. The molecule has 3 aromatic rings. The lowest BCUT2D eigenvalue weighted by atomic mass is 9.83. The fourth-order valence-electron chi connectivity index (χ4n) is 6.12. The summed E-state index contributed by atoms with van der Waals surface area (Å²) in [5, 5.41) is 8.84. The molecule has 2 amide bonds. The number of carbonyl (C=O) groups excluding carboxylic acids is 4. The van der Waals surface area contributed by atoms with Gasteiger partial charge in [0.2, 0.25) is 0 Å². The minimum absolute atomic E-state index is 0.184. The fraction of sp³-hybridized carbons (Fsp3) is 0.250. The molecular formula is C36H32N2O5. The lowest BCUT2D eigenvalue weighted by Crippen LogP contribution is -2.29. The van der Waals surface area contributed by atoms with E-state index in [1.165, 1.54) is 31.1 Å². The first-order valence-corrected chi connectivity index (χ1v) is 14.4. The van der Waals surface area contributed by atoms with Gasteiger partial charge in [-0.15, -0.1) is 0 Å². The molecule has 1 heterocycles. The molecule has 0 N–H and O–H groups in total. The molecule has 43 heavy (non-hydrogen) atoms. The molecule has 6 rings (SSSR count). The molecule has 4 atom stereocenters. The highest BCUT2D eigenvalue weighted by atomic mass is 16.5. The van der Waals surface area contributed by atoms with Crippen molar-refractivity contribution in [2.75, 3.05) is 11.5 Å². The van der Waals surface area contributed by atoms with E-state index in [4.69, 9.17) is 10.00 Å². The molecule has 2 bridgehead atoms. The van der Waals surface area contributed by atoms with Gasteiger partial charge in [0.25, 0.3) is 11.8 Å². The number of nitriles is 1. The number of amides is 2. The smallest absolute Gasteiger partial charge is 0.338 e. The number of fused-ring (bicyclic) bond motifs is 2. The van der Waals surface area contributed by atoms with Crippen molar-refractivity contribution < 1.29 is 23.9 Å². The molecule has 1 aliphatic heterocycles. The van der Waals surface area contributed by atoms with Gasteiger partial charge in [-0.25, -0.2) is 9.69 Å². The summed E-state index contributed by atoms with van der Waals surface area (Å²) in [7, 11) is 0. The Balaban J connectivity index is 0.000000235. The molecule has 0 aromatic heterocycles. The van der Waals surface area contributed by atoms with Gasteiger partial charge >= 0.3 is 5.97 Å². The molecule has 0 radical (unpaired) electrons. The molecule has 7 heteroatoms. The number of hydrogen-bond acceptors (Lipinski definition) is 6. The molecule has 216 valence electrons. The van der Waals surface area contributed by atoms with Gasteiger partial charge in [0.15, 0.2) is 5.78 Å². The van der Waals surface area contributed by atoms with Crippen molar-refractivity contribution in [1.29, 1.82) is 5.26 Å². The third kappa shape index (κ3) is 7.04. The average Bonchev–Trinajstić information content (AvgIpc) is 3.72.